The molecule has 0 spiro atoms. The molecule has 2 unspecified atom stereocenters. The number of nitrogens with zero attached hydrogens (tertiary/aromatic N) is 3. The van der Waals surface area contributed by atoms with E-state index in [1.807, 2.05) is 0 Å². The second-order valence-electron chi connectivity index (χ2n) is 7.56. The number of nitrogens with two attached hydrogens (primary N) is 1. The highest BCUT2D eigenvalue weighted by molar-refractivity contribution is 6.03. The van der Waals surface area contributed by atoms with Crippen molar-refractivity contribution in [3.05, 3.63) is 48.5 Å². The van der Waals surface area contributed by atoms with Crippen LogP contribution in [0.2, 0.25) is 0 Å². The molecule has 1 fully saturated rings. The minimum absolute atomic E-state index is 0.0681. The number of benzene rings is 1. The number of nitrogens with one attached hydrogen (secondary N) is 2. The van der Waals surface area contributed by atoms with Gasteiger partial charge < -0.3 is 20.8 Å². The number of anilines is 1. The molecule has 1 aromatic carbocycles. The molecule has 0 radical (unpaired) electrons. The van der Waals surface area contributed by atoms with Gasteiger partial charge in [-0.1, -0.05) is 6.07 Å². The number of hydrogen-bond donors (Lipinski definition) is 3. The Morgan fingerprint density at radius 1 is 1.16 bits per heavy atom. The fraction of sp³-hybridized carbons (Fsp3) is 0.286. The van der Waals surface area contributed by atoms with Crippen LogP contribution < -0.4 is 11.1 Å². The molecular weight excluding hydrogens is 409 g/mol. The highest BCUT2D eigenvalue weighted by atomic mass is 19.4. The Bertz CT molecular complexity index is 1260. The van der Waals surface area contributed by atoms with Crippen molar-refractivity contribution in [3.63, 3.8) is 0 Å². The number of ether oxygens (including phenoxy) is 1. The molecule has 2 atom stereocenters. The van der Waals surface area contributed by atoms with Crippen LogP contribution in [0.25, 0.3) is 32.9 Å². The van der Waals surface area contributed by atoms with Crippen molar-refractivity contribution in [2.45, 2.75) is 24.7 Å². The number of H-pyrrole nitrogens is 1. The molecule has 160 valence electrons. The lowest BCUT2D eigenvalue weighted by Crippen LogP contribution is -2.47. The van der Waals surface area contributed by atoms with Crippen LogP contribution in [0.1, 0.15) is 12.0 Å². The first-order chi connectivity index (χ1) is 14.9. The normalized spacial score (nSPS) is 19.7. The van der Waals surface area contributed by atoms with Gasteiger partial charge >= 0.3 is 6.18 Å². The SMILES string of the molecule is NC1CCOCC1Nc1ncc2cncc(-c3c[nH]c4cc(C(F)(F)F)ccc34)c2n1. The second-order valence-corrected chi connectivity index (χ2v) is 7.56. The molecule has 7 nitrogen and oxygen atoms in total. The highest BCUT2D eigenvalue weighted by Gasteiger charge is 2.31. The molecule has 0 amide bonds. The Kier molecular flexibility index (Phi) is 4.75. The van der Waals surface area contributed by atoms with E-state index in [9.17, 15) is 13.2 Å². The van der Waals surface area contributed by atoms with Crippen molar-refractivity contribution in [1.82, 2.24) is 19.9 Å². The minimum Gasteiger partial charge on any atom is -0.379 e. The van der Waals surface area contributed by atoms with Gasteiger partial charge in [-0.15, -0.1) is 0 Å². The van der Waals surface area contributed by atoms with Gasteiger partial charge in [-0.05, 0) is 18.6 Å². The van der Waals surface area contributed by atoms with E-state index < -0.39 is 11.7 Å². The summed E-state index contributed by atoms with van der Waals surface area (Å²) in [6, 6.07) is 3.46. The summed E-state index contributed by atoms with van der Waals surface area (Å²) in [5, 5.41) is 4.60. The Hall–Kier alpha value is -3.24. The molecule has 1 saturated heterocycles. The van der Waals surface area contributed by atoms with E-state index in [0.29, 0.717) is 52.1 Å². The summed E-state index contributed by atoms with van der Waals surface area (Å²) in [6.07, 6.45) is 2.96. The minimum atomic E-state index is -4.40. The second kappa shape index (κ2) is 7.47. The summed E-state index contributed by atoms with van der Waals surface area (Å²) >= 11 is 0. The van der Waals surface area contributed by atoms with Crippen molar-refractivity contribution in [1.29, 1.82) is 0 Å². The Morgan fingerprint density at radius 3 is 2.84 bits per heavy atom. The summed E-state index contributed by atoms with van der Waals surface area (Å²) in [6.45, 7) is 1.10. The number of rotatable bonds is 3. The van der Waals surface area contributed by atoms with E-state index in [2.05, 4.69) is 25.3 Å². The van der Waals surface area contributed by atoms with Crippen molar-refractivity contribution < 1.29 is 17.9 Å². The predicted molar refractivity (Wildman–Crippen MR) is 110 cm³/mol. The van der Waals surface area contributed by atoms with E-state index in [0.717, 1.165) is 18.6 Å². The zero-order chi connectivity index (χ0) is 21.6. The lowest BCUT2D eigenvalue weighted by molar-refractivity contribution is -0.137. The van der Waals surface area contributed by atoms with Gasteiger partial charge in [-0.3, -0.25) is 4.98 Å². The van der Waals surface area contributed by atoms with Crippen LogP contribution in [0, 0.1) is 0 Å². The fourth-order valence-corrected chi connectivity index (χ4v) is 3.82. The number of aromatic nitrogens is 4. The van der Waals surface area contributed by atoms with E-state index in [1.165, 1.54) is 6.07 Å². The molecule has 31 heavy (non-hydrogen) atoms. The van der Waals surface area contributed by atoms with Crippen molar-refractivity contribution >= 4 is 27.8 Å². The average molecular weight is 428 g/mol. The quantitative estimate of drug-likeness (QED) is 0.460. The number of aromatic amines is 1. The maximum atomic E-state index is 13.1. The Balaban J connectivity index is 1.57. The fourth-order valence-electron chi connectivity index (χ4n) is 3.82. The molecular formula is C21H19F3N6O. The number of pyridine rings is 1. The van der Waals surface area contributed by atoms with Crippen molar-refractivity contribution in [2.24, 2.45) is 5.73 Å². The monoisotopic (exact) mass is 428 g/mol. The van der Waals surface area contributed by atoms with E-state index in [1.54, 1.807) is 24.8 Å². The zero-order valence-electron chi connectivity index (χ0n) is 16.3. The summed E-state index contributed by atoms with van der Waals surface area (Å²) < 4.78 is 44.6. The highest BCUT2D eigenvalue weighted by Crippen LogP contribution is 2.36. The summed E-state index contributed by atoms with van der Waals surface area (Å²) in [7, 11) is 0. The third kappa shape index (κ3) is 3.68. The predicted octanol–water partition coefficient (Wildman–Crippen LogP) is 3.72. The smallest absolute Gasteiger partial charge is 0.379 e. The van der Waals surface area contributed by atoms with Crippen LogP contribution in [-0.4, -0.2) is 45.2 Å². The van der Waals surface area contributed by atoms with Crippen LogP contribution in [0.15, 0.2) is 43.0 Å². The third-order valence-corrected chi connectivity index (χ3v) is 5.51. The molecule has 4 aromatic rings. The Labute approximate surface area is 174 Å². The van der Waals surface area contributed by atoms with Crippen LogP contribution in [0.4, 0.5) is 19.1 Å². The van der Waals surface area contributed by atoms with E-state index >= 15 is 0 Å². The summed E-state index contributed by atoms with van der Waals surface area (Å²) in [4.78, 5) is 16.2. The Morgan fingerprint density at radius 2 is 2.03 bits per heavy atom. The number of alkyl halides is 3. The molecule has 1 aliphatic rings. The van der Waals surface area contributed by atoms with Crippen LogP contribution in [-0.2, 0) is 10.9 Å². The van der Waals surface area contributed by atoms with Gasteiger partial charge in [0.1, 0.15) is 0 Å². The van der Waals surface area contributed by atoms with Gasteiger partial charge in [0.2, 0.25) is 5.95 Å². The van der Waals surface area contributed by atoms with Gasteiger partial charge in [0.05, 0.1) is 23.7 Å². The molecule has 0 bridgehead atoms. The zero-order valence-corrected chi connectivity index (χ0v) is 16.3. The van der Waals surface area contributed by atoms with E-state index in [4.69, 9.17) is 10.5 Å². The summed E-state index contributed by atoms with van der Waals surface area (Å²) in [5.41, 5.74) is 7.89. The van der Waals surface area contributed by atoms with Crippen LogP contribution in [0.5, 0.6) is 0 Å². The summed E-state index contributed by atoms with van der Waals surface area (Å²) in [5.74, 6) is 0.407. The molecule has 3 aromatic heterocycles. The van der Waals surface area contributed by atoms with Gasteiger partial charge in [-0.2, -0.15) is 13.2 Å². The van der Waals surface area contributed by atoms with Crippen LogP contribution in [0.3, 0.4) is 0 Å². The van der Waals surface area contributed by atoms with E-state index in [-0.39, 0.29) is 12.1 Å². The number of fused-ring (bicyclic) bond motifs is 2. The molecule has 1 aliphatic heterocycles. The first-order valence-corrected chi connectivity index (χ1v) is 9.79. The third-order valence-electron chi connectivity index (χ3n) is 5.51. The first kappa shape index (κ1) is 19.7. The molecule has 5 rings (SSSR count). The van der Waals surface area contributed by atoms with Gasteiger partial charge in [0, 0.05) is 64.9 Å². The lowest BCUT2D eigenvalue weighted by Gasteiger charge is -2.29. The molecule has 10 heteroatoms. The number of halogens is 3. The average Bonchev–Trinajstić information content (AvgIpc) is 3.17. The molecule has 4 heterocycles. The largest absolute Gasteiger partial charge is 0.416 e. The van der Waals surface area contributed by atoms with Crippen molar-refractivity contribution in [2.75, 3.05) is 18.5 Å². The standard InChI is InChI=1S/C21H19F3N6O/c22-21(23,24)12-1-2-13-14(9-27-17(13)5-12)15-8-26-6-11-7-28-20(30-19(11)15)29-18-10-31-4-3-16(18)25/h1-2,5-9,16,18,27H,3-4,10,25H2,(H,28,29,30). The van der Waals surface area contributed by atoms with Crippen molar-refractivity contribution in [3.8, 4) is 11.1 Å². The maximum Gasteiger partial charge on any atom is 0.416 e. The molecule has 0 saturated carbocycles. The van der Waals surface area contributed by atoms with Gasteiger partial charge in [-0.25, -0.2) is 9.97 Å². The lowest BCUT2D eigenvalue weighted by atomic mass is 10.0. The van der Waals surface area contributed by atoms with Crippen LogP contribution >= 0.6 is 0 Å². The molecule has 4 N–H and O–H groups in total. The number of hydrogen-bond acceptors (Lipinski definition) is 6. The maximum absolute atomic E-state index is 13.1. The topological polar surface area (TPSA) is 102 Å². The van der Waals surface area contributed by atoms with Gasteiger partial charge in [0.15, 0.2) is 0 Å². The van der Waals surface area contributed by atoms with Gasteiger partial charge in [0.25, 0.3) is 0 Å². The molecule has 0 aliphatic carbocycles. The first-order valence-electron chi connectivity index (χ1n) is 9.79.